The van der Waals surface area contributed by atoms with Crippen molar-refractivity contribution < 1.29 is 24.6 Å². The molecule has 5 rings (SSSR count). The van der Waals surface area contributed by atoms with Gasteiger partial charge in [-0.05, 0) is 66.6 Å². The first-order valence-electron chi connectivity index (χ1n) is 14.1. The number of anilines is 5. The Morgan fingerprint density at radius 2 is 1.37 bits per heavy atom. The highest BCUT2D eigenvalue weighted by molar-refractivity contribution is 6.08. The van der Waals surface area contributed by atoms with Crippen molar-refractivity contribution in [3.63, 3.8) is 0 Å². The Morgan fingerprint density at radius 1 is 0.791 bits per heavy atom. The van der Waals surface area contributed by atoms with E-state index in [1.165, 1.54) is 14.7 Å². The molecule has 0 saturated heterocycles. The van der Waals surface area contributed by atoms with Gasteiger partial charge in [-0.1, -0.05) is 67.6 Å². The molecule has 0 aliphatic carbocycles. The first-order chi connectivity index (χ1) is 20.9. The maximum absolute atomic E-state index is 14.1. The van der Waals surface area contributed by atoms with E-state index in [0.717, 1.165) is 12.0 Å². The van der Waals surface area contributed by atoms with Crippen LogP contribution < -0.4 is 14.7 Å². The third-order valence-electron chi connectivity index (χ3n) is 7.72. The van der Waals surface area contributed by atoms with E-state index in [4.69, 9.17) is 0 Å². The van der Waals surface area contributed by atoms with Crippen molar-refractivity contribution in [3.05, 3.63) is 126 Å². The summed E-state index contributed by atoms with van der Waals surface area (Å²) in [7, 11) is 0. The van der Waals surface area contributed by atoms with Crippen LogP contribution in [0.4, 0.5) is 28.4 Å². The van der Waals surface area contributed by atoms with Gasteiger partial charge in [-0.3, -0.25) is 24.2 Å². The minimum absolute atomic E-state index is 0.0506. The van der Waals surface area contributed by atoms with Crippen LogP contribution >= 0.6 is 0 Å². The summed E-state index contributed by atoms with van der Waals surface area (Å²) >= 11 is 0. The number of benzene rings is 4. The van der Waals surface area contributed by atoms with E-state index >= 15 is 0 Å². The molecule has 1 aliphatic rings. The van der Waals surface area contributed by atoms with Crippen molar-refractivity contribution in [2.45, 2.75) is 25.5 Å². The highest BCUT2D eigenvalue weighted by Gasteiger charge is 2.52. The minimum atomic E-state index is -1.92. The minimum Gasteiger partial charge on any atom is -0.396 e. The molecule has 0 spiro atoms. The number of rotatable bonds is 12. The summed E-state index contributed by atoms with van der Waals surface area (Å²) in [5, 5.41) is 21.4. The standard InChI is InChI=1S/C35H33N3O5/c1-26(11-8-9-20-39)35(43)32-22-31(38(25-41)29-15-6-3-7-16-29)18-19-33(32)36(34(35)42)23-27-12-10-17-30(21-27)37(24-40)28-13-4-2-5-14-28/h2-8,10-19,21-22,24-26,39,43H,9,20,23H2,1H3/b11-8+/t26-,35+/m0/s1. The molecule has 1 aliphatic heterocycles. The number of aliphatic hydroxyl groups is 2. The van der Waals surface area contributed by atoms with E-state index in [1.54, 1.807) is 49.4 Å². The normalized spacial score (nSPS) is 16.6. The van der Waals surface area contributed by atoms with E-state index in [0.29, 0.717) is 46.8 Å². The average Bonchev–Trinajstić information content (AvgIpc) is 3.25. The molecule has 8 heteroatoms. The van der Waals surface area contributed by atoms with E-state index in [-0.39, 0.29) is 13.2 Å². The number of para-hydroxylation sites is 2. The molecule has 8 nitrogen and oxygen atoms in total. The average molecular weight is 576 g/mol. The molecule has 0 fully saturated rings. The van der Waals surface area contributed by atoms with E-state index in [9.17, 15) is 24.6 Å². The molecule has 43 heavy (non-hydrogen) atoms. The summed E-state index contributed by atoms with van der Waals surface area (Å²) in [6, 6.07) is 30.9. The number of fused-ring (bicyclic) bond motifs is 1. The van der Waals surface area contributed by atoms with Crippen LogP contribution in [0.5, 0.6) is 0 Å². The number of hydrogen-bond donors (Lipinski definition) is 2. The van der Waals surface area contributed by atoms with Crippen molar-refractivity contribution in [3.8, 4) is 0 Å². The zero-order valence-corrected chi connectivity index (χ0v) is 23.8. The summed E-state index contributed by atoms with van der Waals surface area (Å²) in [6.45, 7) is 1.85. The van der Waals surface area contributed by atoms with Gasteiger partial charge >= 0.3 is 0 Å². The van der Waals surface area contributed by atoms with E-state index in [1.807, 2.05) is 72.8 Å². The van der Waals surface area contributed by atoms with Crippen LogP contribution in [0.1, 0.15) is 24.5 Å². The molecule has 1 heterocycles. The van der Waals surface area contributed by atoms with E-state index < -0.39 is 17.4 Å². The number of carbonyl (C=O) groups is 3. The highest BCUT2D eigenvalue weighted by atomic mass is 16.3. The first kappa shape index (κ1) is 29.4. The van der Waals surface area contributed by atoms with Gasteiger partial charge in [0, 0.05) is 40.8 Å². The van der Waals surface area contributed by atoms with Crippen LogP contribution in [0, 0.1) is 5.92 Å². The second kappa shape index (κ2) is 12.9. The molecule has 4 aromatic rings. The Bertz CT molecular complexity index is 1630. The smallest absolute Gasteiger partial charge is 0.264 e. The number of aliphatic hydroxyl groups excluding tert-OH is 1. The fourth-order valence-electron chi connectivity index (χ4n) is 5.46. The summed E-state index contributed by atoms with van der Waals surface area (Å²) in [4.78, 5) is 42.9. The fraction of sp³-hybridized carbons (Fsp3) is 0.171. The lowest BCUT2D eigenvalue weighted by Gasteiger charge is -2.28. The molecule has 3 amide bonds. The van der Waals surface area contributed by atoms with Crippen LogP contribution in [0.25, 0.3) is 0 Å². The Hall–Kier alpha value is -5.05. The van der Waals surface area contributed by atoms with Gasteiger partial charge < -0.3 is 15.1 Å². The Kier molecular flexibility index (Phi) is 8.80. The lowest BCUT2D eigenvalue weighted by Crippen LogP contribution is -2.44. The number of hydrogen-bond acceptors (Lipinski definition) is 5. The van der Waals surface area contributed by atoms with Gasteiger partial charge in [0.05, 0.1) is 12.2 Å². The molecule has 2 atom stereocenters. The SMILES string of the molecule is C[C@@H](/C=C/CCO)[C@]1(O)C(=O)N(Cc2cccc(N(C=O)c3ccccc3)c2)c2ccc(N(C=O)c3ccccc3)cc21. The van der Waals surface area contributed by atoms with Gasteiger partial charge in [0.2, 0.25) is 12.8 Å². The van der Waals surface area contributed by atoms with Gasteiger partial charge in [0.25, 0.3) is 5.91 Å². The molecule has 0 saturated carbocycles. The zero-order chi connectivity index (χ0) is 30.4. The monoisotopic (exact) mass is 575 g/mol. The molecule has 2 N–H and O–H groups in total. The summed E-state index contributed by atoms with van der Waals surface area (Å²) in [5.41, 5.74) is 2.25. The number of carbonyl (C=O) groups excluding carboxylic acids is 3. The number of amides is 3. The predicted octanol–water partition coefficient (Wildman–Crippen LogP) is 5.58. The second-order valence-corrected chi connectivity index (χ2v) is 10.4. The van der Waals surface area contributed by atoms with Crippen molar-refractivity contribution in [1.29, 1.82) is 0 Å². The van der Waals surface area contributed by atoms with Crippen LogP contribution in [-0.4, -0.2) is 35.5 Å². The molecule has 218 valence electrons. The molecule has 0 unspecified atom stereocenters. The van der Waals surface area contributed by atoms with Gasteiger partial charge in [-0.25, -0.2) is 0 Å². The Balaban J connectivity index is 1.55. The van der Waals surface area contributed by atoms with Crippen molar-refractivity contribution in [2.75, 3.05) is 21.3 Å². The van der Waals surface area contributed by atoms with Crippen LogP contribution in [-0.2, 0) is 26.5 Å². The van der Waals surface area contributed by atoms with Gasteiger partial charge in [-0.2, -0.15) is 0 Å². The Morgan fingerprint density at radius 3 is 1.95 bits per heavy atom. The summed E-state index contributed by atoms with van der Waals surface area (Å²) < 4.78 is 0. The molecule has 4 aromatic carbocycles. The van der Waals surface area contributed by atoms with Crippen LogP contribution in [0.15, 0.2) is 115 Å². The van der Waals surface area contributed by atoms with E-state index in [2.05, 4.69) is 0 Å². The maximum atomic E-state index is 14.1. The predicted molar refractivity (Wildman–Crippen MR) is 167 cm³/mol. The lowest BCUT2D eigenvalue weighted by molar-refractivity contribution is -0.139. The quantitative estimate of drug-likeness (QED) is 0.170. The van der Waals surface area contributed by atoms with Gasteiger partial charge in [0.15, 0.2) is 5.60 Å². The summed E-state index contributed by atoms with van der Waals surface area (Å²) in [5.74, 6) is -1.14. The Labute approximate surface area is 250 Å². The summed E-state index contributed by atoms with van der Waals surface area (Å²) in [6.07, 6.45) is 5.30. The lowest BCUT2D eigenvalue weighted by atomic mass is 9.82. The topological polar surface area (TPSA) is 101 Å². The molecular weight excluding hydrogens is 542 g/mol. The largest absolute Gasteiger partial charge is 0.396 e. The molecular formula is C35H33N3O5. The van der Waals surface area contributed by atoms with Gasteiger partial charge in [0.1, 0.15) is 0 Å². The second-order valence-electron chi connectivity index (χ2n) is 10.4. The number of nitrogens with zero attached hydrogens (tertiary/aromatic N) is 3. The fourth-order valence-corrected chi connectivity index (χ4v) is 5.46. The highest BCUT2D eigenvalue weighted by Crippen LogP contribution is 2.47. The van der Waals surface area contributed by atoms with Crippen molar-refractivity contribution in [2.24, 2.45) is 5.92 Å². The molecule has 0 aromatic heterocycles. The van der Waals surface area contributed by atoms with Crippen molar-refractivity contribution in [1.82, 2.24) is 0 Å². The maximum Gasteiger partial charge on any atom is 0.264 e. The van der Waals surface area contributed by atoms with Gasteiger partial charge in [-0.15, -0.1) is 0 Å². The molecule has 0 radical (unpaired) electrons. The van der Waals surface area contributed by atoms with Crippen molar-refractivity contribution >= 4 is 47.2 Å². The third-order valence-corrected chi connectivity index (χ3v) is 7.72. The van der Waals surface area contributed by atoms with Crippen LogP contribution in [0.3, 0.4) is 0 Å². The zero-order valence-electron chi connectivity index (χ0n) is 23.8. The third kappa shape index (κ3) is 5.70. The first-order valence-corrected chi connectivity index (χ1v) is 14.1. The van der Waals surface area contributed by atoms with Crippen LogP contribution in [0.2, 0.25) is 0 Å². The molecule has 0 bridgehead atoms.